The van der Waals surface area contributed by atoms with Gasteiger partial charge >= 0.3 is 0 Å². The molecule has 0 spiro atoms. The third-order valence-electron chi connectivity index (χ3n) is 3.73. The van der Waals surface area contributed by atoms with E-state index in [-0.39, 0.29) is 0 Å². The zero-order valence-electron chi connectivity index (χ0n) is 11.2. The highest BCUT2D eigenvalue weighted by Gasteiger charge is 2.32. The maximum Gasteiger partial charge on any atom is 0.168 e. The molecule has 2 aliphatic heterocycles. The van der Waals surface area contributed by atoms with Crippen LogP contribution in [0.15, 0.2) is 46.1 Å². The standard InChI is InChI=1S/C16H14N2S2/c1-3-12-15(18-8-7-17-16(18)20-12)11-5-4-6-13-14(11)10(2)9-19-13/h3-6,9H,1,7-8H2,2H3. The van der Waals surface area contributed by atoms with Crippen LogP contribution in [0, 0.1) is 6.92 Å². The van der Waals surface area contributed by atoms with Crippen molar-refractivity contribution < 1.29 is 0 Å². The van der Waals surface area contributed by atoms with Crippen LogP contribution in [-0.4, -0.2) is 23.2 Å². The van der Waals surface area contributed by atoms with Gasteiger partial charge in [0, 0.05) is 27.1 Å². The van der Waals surface area contributed by atoms with Crippen LogP contribution in [-0.2, 0) is 0 Å². The molecule has 3 heterocycles. The fourth-order valence-electron chi connectivity index (χ4n) is 2.86. The lowest BCUT2D eigenvalue weighted by atomic mass is 10.0. The summed E-state index contributed by atoms with van der Waals surface area (Å²) in [4.78, 5) is 8.14. The van der Waals surface area contributed by atoms with Gasteiger partial charge in [0.05, 0.1) is 12.2 Å². The number of nitrogens with zero attached hydrogens (tertiary/aromatic N) is 2. The molecule has 20 heavy (non-hydrogen) atoms. The molecule has 1 aromatic carbocycles. The van der Waals surface area contributed by atoms with E-state index in [0.29, 0.717) is 0 Å². The SMILES string of the molecule is C=CC1=C(c2cccc3scc(C)c23)N2CCN=C2S1. The summed E-state index contributed by atoms with van der Waals surface area (Å²) in [5, 5.41) is 4.74. The largest absolute Gasteiger partial charge is 0.317 e. The summed E-state index contributed by atoms with van der Waals surface area (Å²) in [6.45, 7) is 8.05. The van der Waals surface area contributed by atoms with Gasteiger partial charge in [-0.25, -0.2) is 0 Å². The van der Waals surface area contributed by atoms with E-state index in [0.717, 1.165) is 18.3 Å². The molecule has 0 saturated carbocycles. The number of allylic oxidation sites excluding steroid dienone is 1. The molecule has 0 bridgehead atoms. The number of thiophene rings is 1. The second kappa shape index (κ2) is 4.50. The molecule has 2 nitrogen and oxygen atoms in total. The zero-order valence-corrected chi connectivity index (χ0v) is 12.9. The molecule has 4 heteroatoms. The first-order chi connectivity index (χ1) is 9.79. The number of rotatable bonds is 2. The molecule has 0 unspecified atom stereocenters. The second-order valence-electron chi connectivity index (χ2n) is 4.93. The van der Waals surface area contributed by atoms with Crippen molar-refractivity contribution in [1.82, 2.24) is 4.90 Å². The summed E-state index contributed by atoms with van der Waals surface area (Å²) in [5.41, 5.74) is 3.95. The molecule has 0 atom stereocenters. The van der Waals surface area contributed by atoms with Crippen molar-refractivity contribution in [3.05, 3.63) is 52.3 Å². The van der Waals surface area contributed by atoms with Crippen molar-refractivity contribution in [2.24, 2.45) is 4.99 Å². The van der Waals surface area contributed by atoms with Gasteiger partial charge in [-0.05, 0) is 35.7 Å². The average Bonchev–Trinajstić information content (AvgIpc) is 3.12. The monoisotopic (exact) mass is 298 g/mol. The van der Waals surface area contributed by atoms with Crippen LogP contribution >= 0.6 is 23.1 Å². The summed E-state index contributed by atoms with van der Waals surface area (Å²) < 4.78 is 1.35. The van der Waals surface area contributed by atoms with E-state index < -0.39 is 0 Å². The highest BCUT2D eigenvalue weighted by molar-refractivity contribution is 8.17. The van der Waals surface area contributed by atoms with E-state index in [9.17, 15) is 0 Å². The number of hydrogen-bond donors (Lipinski definition) is 0. The molecular weight excluding hydrogens is 284 g/mol. The smallest absolute Gasteiger partial charge is 0.168 e. The van der Waals surface area contributed by atoms with Crippen LogP contribution in [0.25, 0.3) is 15.8 Å². The number of amidine groups is 1. The predicted molar refractivity (Wildman–Crippen MR) is 90.3 cm³/mol. The fourth-order valence-corrected chi connectivity index (χ4v) is 4.87. The Labute approximate surface area is 126 Å². The minimum Gasteiger partial charge on any atom is -0.317 e. The van der Waals surface area contributed by atoms with Crippen molar-refractivity contribution in [3.8, 4) is 0 Å². The van der Waals surface area contributed by atoms with Gasteiger partial charge in [-0.15, -0.1) is 11.3 Å². The van der Waals surface area contributed by atoms with E-state index in [4.69, 9.17) is 0 Å². The Morgan fingerprint density at radius 2 is 2.30 bits per heavy atom. The molecule has 0 N–H and O–H groups in total. The molecule has 2 aromatic rings. The minimum absolute atomic E-state index is 0.898. The van der Waals surface area contributed by atoms with E-state index in [1.807, 2.05) is 17.4 Å². The molecule has 0 amide bonds. The average molecular weight is 298 g/mol. The maximum absolute atomic E-state index is 4.58. The van der Waals surface area contributed by atoms with Gasteiger partial charge in [-0.1, -0.05) is 24.8 Å². The lowest BCUT2D eigenvalue weighted by Crippen LogP contribution is -2.20. The number of benzene rings is 1. The molecule has 0 aliphatic carbocycles. The van der Waals surface area contributed by atoms with Gasteiger partial charge in [-0.3, -0.25) is 4.99 Å². The first kappa shape index (κ1) is 12.2. The van der Waals surface area contributed by atoms with Crippen LogP contribution in [0.2, 0.25) is 0 Å². The molecule has 2 aliphatic rings. The van der Waals surface area contributed by atoms with Crippen LogP contribution in [0.1, 0.15) is 11.1 Å². The summed E-state index contributed by atoms with van der Waals surface area (Å²) in [6, 6.07) is 6.58. The Morgan fingerprint density at radius 1 is 1.40 bits per heavy atom. The number of fused-ring (bicyclic) bond motifs is 2. The molecule has 0 radical (unpaired) electrons. The van der Waals surface area contributed by atoms with E-state index in [2.05, 4.69) is 47.0 Å². The second-order valence-corrected chi connectivity index (χ2v) is 6.85. The molecule has 0 saturated heterocycles. The van der Waals surface area contributed by atoms with E-state index in [1.54, 1.807) is 11.8 Å². The van der Waals surface area contributed by atoms with Gasteiger partial charge in [0.25, 0.3) is 0 Å². The van der Waals surface area contributed by atoms with Crippen LogP contribution in [0.4, 0.5) is 0 Å². The van der Waals surface area contributed by atoms with Gasteiger partial charge in [0.15, 0.2) is 5.17 Å². The van der Waals surface area contributed by atoms with Gasteiger partial charge in [-0.2, -0.15) is 0 Å². The van der Waals surface area contributed by atoms with Crippen molar-refractivity contribution in [2.45, 2.75) is 6.92 Å². The van der Waals surface area contributed by atoms with Crippen LogP contribution in [0.5, 0.6) is 0 Å². The maximum atomic E-state index is 4.58. The van der Waals surface area contributed by atoms with Crippen molar-refractivity contribution in [3.63, 3.8) is 0 Å². The lowest BCUT2D eigenvalue weighted by Gasteiger charge is -2.18. The zero-order chi connectivity index (χ0) is 13.7. The van der Waals surface area contributed by atoms with Crippen molar-refractivity contribution >= 4 is 44.0 Å². The molecule has 1 aromatic heterocycles. The molecule has 4 rings (SSSR count). The van der Waals surface area contributed by atoms with Gasteiger partial charge in [0.1, 0.15) is 0 Å². The Balaban J connectivity index is 2.00. The Morgan fingerprint density at radius 3 is 3.15 bits per heavy atom. The van der Waals surface area contributed by atoms with Gasteiger partial charge in [0.2, 0.25) is 0 Å². The number of hydrogen-bond acceptors (Lipinski definition) is 4. The summed E-state index contributed by atoms with van der Waals surface area (Å²) in [5.74, 6) is 0. The van der Waals surface area contributed by atoms with Crippen molar-refractivity contribution in [2.75, 3.05) is 13.1 Å². The van der Waals surface area contributed by atoms with E-state index in [1.165, 1.54) is 31.8 Å². The number of thioether (sulfide) groups is 1. The molecular formula is C16H14N2S2. The minimum atomic E-state index is 0.898. The predicted octanol–water partition coefficient (Wildman–Crippen LogP) is 4.48. The summed E-state index contributed by atoms with van der Waals surface area (Å²) in [6.07, 6.45) is 1.96. The topological polar surface area (TPSA) is 15.6 Å². The summed E-state index contributed by atoms with van der Waals surface area (Å²) in [7, 11) is 0. The lowest BCUT2D eigenvalue weighted by molar-refractivity contribution is 0.649. The molecule has 0 fully saturated rings. The first-order valence-electron chi connectivity index (χ1n) is 6.63. The third-order valence-corrected chi connectivity index (χ3v) is 5.91. The fraction of sp³-hybridized carbons (Fsp3) is 0.188. The quantitative estimate of drug-likeness (QED) is 0.812. The first-order valence-corrected chi connectivity index (χ1v) is 8.33. The Kier molecular flexibility index (Phi) is 2.75. The third kappa shape index (κ3) is 1.61. The normalized spacial score (nSPS) is 17.9. The van der Waals surface area contributed by atoms with E-state index >= 15 is 0 Å². The Hall–Kier alpha value is -1.52. The van der Waals surface area contributed by atoms with Crippen molar-refractivity contribution in [1.29, 1.82) is 0 Å². The number of aliphatic imine (C=N–C) groups is 1. The Bertz CT molecular complexity index is 783. The number of aryl methyl sites for hydroxylation is 1. The highest BCUT2D eigenvalue weighted by atomic mass is 32.2. The molecule has 100 valence electrons. The van der Waals surface area contributed by atoms with Gasteiger partial charge < -0.3 is 4.90 Å². The summed E-state index contributed by atoms with van der Waals surface area (Å²) >= 11 is 3.56. The van der Waals surface area contributed by atoms with Crippen LogP contribution in [0.3, 0.4) is 0 Å². The van der Waals surface area contributed by atoms with Crippen LogP contribution < -0.4 is 0 Å². The highest BCUT2D eigenvalue weighted by Crippen LogP contribution is 2.44.